The molecule has 0 aliphatic carbocycles. The minimum atomic E-state index is 0.277. The first kappa shape index (κ1) is 11.1. The first-order chi connectivity index (χ1) is 8.78. The van der Waals surface area contributed by atoms with Gasteiger partial charge in [0.2, 0.25) is 0 Å². The lowest BCUT2D eigenvalue weighted by Crippen LogP contribution is -2.37. The van der Waals surface area contributed by atoms with Gasteiger partial charge in [-0.3, -0.25) is 4.79 Å². The molecular weight excluding hydrogens is 234 g/mol. The lowest BCUT2D eigenvalue weighted by atomic mass is 10.3. The van der Waals surface area contributed by atoms with E-state index in [-0.39, 0.29) is 5.82 Å². The van der Waals surface area contributed by atoms with E-state index in [1.165, 1.54) is 0 Å². The molecule has 94 valence electrons. The van der Waals surface area contributed by atoms with Gasteiger partial charge in [0.15, 0.2) is 23.6 Å². The lowest BCUT2D eigenvalue weighted by molar-refractivity contribution is 0.111. The van der Waals surface area contributed by atoms with Crippen LogP contribution in [-0.2, 0) is 4.74 Å². The molecule has 0 atom stereocenters. The average molecular weight is 247 g/mol. The van der Waals surface area contributed by atoms with Gasteiger partial charge in [-0.2, -0.15) is 0 Å². The number of aromatic nitrogens is 4. The molecule has 2 aromatic heterocycles. The van der Waals surface area contributed by atoms with Gasteiger partial charge in [0.25, 0.3) is 0 Å². The number of imidazole rings is 1. The molecule has 0 spiro atoms. The zero-order chi connectivity index (χ0) is 12.5. The minimum absolute atomic E-state index is 0.277. The fourth-order valence-electron chi connectivity index (χ4n) is 2.07. The Balaban J connectivity index is 2.13. The lowest BCUT2D eigenvalue weighted by Gasteiger charge is -2.28. The number of hydrogen-bond donors (Lipinski definition) is 1. The van der Waals surface area contributed by atoms with Crippen LogP contribution in [-0.4, -0.2) is 52.5 Å². The van der Waals surface area contributed by atoms with E-state index >= 15 is 0 Å². The Bertz CT molecular complexity index is 588. The quantitative estimate of drug-likeness (QED) is 0.769. The first-order valence-corrected chi connectivity index (χ1v) is 5.80. The van der Waals surface area contributed by atoms with Crippen molar-refractivity contribution in [2.45, 2.75) is 6.92 Å². The van der Waals surface area contributed by atoms with Gasteiger partial charge in [-0.05, 0) is 6.92 Å². The second kappa shape index (κ2) is 4.34. The number of aromatic amines is 1. The molecule has 7 heteroatoms. The third-order valence-electron chi connectivity index (χ3n) is 2.88. The van der Waals surface area contributed by atoms with E-state index < -0.39 is 0 Å². The van der Waals surface area contributed by atoms with Crippen molar-refractivity contribution in [3.05, 3.63) is 11.6 Å². The molecule has 7 nitrogen and oxygen atoms in total. The van der Waals surface area contributed by atoms with Crippen molar-refractivity contribution in [2.24, 2.45) is 0 Å². The summed E-state index contributed by atoms with van der Waals surface area (Å²) in [4.78, 5) is 28.6. The second-order valence-corrected chi connectivity index (χ2v) is 4.13. The molecule has 0 amide bonds. The summed E-state index contributed by atoms with van der Waals surface area (Å²) in [7, 11) is 0. The molecule has 1 N–H and O–H groups in total. The number of hydrogen-bond acceptors (Lipinski definition) is 6. The van der Waals surface area contributed by atoms with E-state index in [0.29, 0.717) is 36.5 Å². The number of H-pyrrole nitrogens is 1. The summed E-state index contributed by atoms with van der Waals surface area (Å²) >= 11 is 0. The molecule has 0 saturated carbocycles. The summed E-state index contributed by atoms with van der Waals surface area (Å²) in [5.74, 6) is 1.72. The maximum absolute atomic E-state index is 10.8. The molecule has 1 fully saturated rings. The summed E-state index contributed by atoms with van der Waals surface area (Å²) in [5, 5.41) is 0. The fraction of sp³-hybridized carbons (Fsp3) is 0.455. The molecule has 2 aromatic rings. The highest BCUT2D eigenvalue weighted by Gasteiger charge is 2.18. The third-order valence-corrected chi connectivity index (χ3v) is 2.88. The van der Waals surface area contributed by atoms with E-state index in [4.69, 9.17) is 4.74 Å². The predicted octanol–water partition coefficient (Wildman–Crippen LogP) is 0.310. The molecule has 3 heterocycles. The van der Waals surface area contributed by atoms with Crippen molar-refractivity contribution in [2.75, 3.05) is 31.2 Å². The van der Waals surface area contributed by atoms with Gasteiger partial charge in [-0.1, -0.05) is 0 Å². The van der Waals surface area contributed by atoms with Crippen LogP contribution in [0.3, 0.4) is 0 Å². The highest BCUT2D eigenvalue weighted by Crippen LogP contribution is 2.22. The molecule has 1 saturated heterocycles. The van der Waals surface area contributed by atoms with Crippen molar-refractivity contribution < 1.29 is 9.53 Å². The van der Waals surface area contributed by atoms with Gasteiger partial charge in [0.1, 0.15) is 11.3 Å². The van der Waals surface area contributed by atoms with Crippen LogP contribution in [0.2, 0.25) is 0 Å². The number of anilines is 1. The number of carbonyl (C=O) groups is 1. The third kappa shape index (κ3) is 1.82. The standard InChI is InChI=1S/C11H13N5O2/c1-7-12-10-9(14-8(6-17)15-10)11(13-7)16-2-4-18-5-3-16/h6H,2-5H2,1H3,(H,12,13,14,15). The van der Waals surface area contributed by atoms with Gasteiger partial charge in [-0.15, -0.1) is 0 Å². The Kier molecular flexibility index (Phi) is 2.67. The van der Waals surface area contributed by atoms with Gasteiger partial charge >= 0.3 is 0 Å². The molecule has 0 radical (unpaired) electrons. The summed E-state index contributed by atoms with van der Waals surface area (Å²) in [6.07, 6.45) is 0.681. The first-order valence-electron chi connectivity index (χ1n) is 5.80. The van der Waals surface area contributed by atoms with Gasteiger partial charge in [-0.25, -0.2) is 15.0 Å². The summed E-state index contributed by atoms with van der Waals surface area (Å²) < 4.78 is 5.32. The number of fused-ring (bicyclic) bond motifs is 1. The van der Waals surface area contributed by atoms with Crippen LogP contribution in [0.4, 0.5) is 5.82 Å². The number of carbonyl (C=O) groups excluding carboxylic acids is 1. The van der Waals surface area contributed by atoms with Crippen LogP contribution < -0.4 is 4.90 Å². The number of morpholine rings is 1. The second-order valence-electron chi connectivity index (χ2n) is 4.13. The zero-order valence-electron chi connectivity index (χ0n) is 10.0. The van der Waals surface area contributed by atoms with Crippen molar-refractivity contribution in [3.63, 3.8) is 0 Å². The number of rotatable bonds is 2. The van der Waals surface area contributed by atoms with Crippen LogP contribution in [0, 0.1) is 6.92 Å². The summed E-state index contributed by atoms with van der Waals surface area (Å²) in [6.45, 7) is 4.74. The number of nitrogens with zero attached hydrogens (tertiary/aromatic N) is 4. The normalized spacial score (nSPS) is 16.2. The fourth-order valence-corrected chi connectivity index (χ4v) is 2.07. The average Bonchev–Trinajstić information content (AvgIpc) is 2.81. The molecule has 0 bridgehead atoms. The smallest absolute Gasteiger partial charge is 0.185 e. The van der Waals surface area contributed by atoms with E-state index in [2.05, 4.69) is 24.8 Å². The van der Waals surface area contributed by atoms with Crippen LogP contribution in [0.1, 0.15) is 16.4 Å². The Morgan fingerprint density at radius 3 is 2.78 bits per heavy atom. The van der Waals surface area contributed by atoms with E-state index in [1.807, 2.05) is 6.92 Å². The van der Waals surface area contributed by atoms with Crippen molar-refractivity contribution in [1.82, 2.24) is 19.9 Å². The molecule has 3 rings (SSSR count). The monoisotopic (exact) mass is 247 g/mol. The molecule has 1 aliphatic rings. The largest absolute Gasteiger partial charge is 0.378 e. The highest BCUT2D eigenvalue weighted by atomic mass is 16.5. The number of aldehydes is 1. The van der Waals surface area contributed by atoms with Crippen LogP contribution >= 0.6 is 0 Å². The summed E-state index contributed by atoms with van der Waals surface area (Å²) in [6, 6.07) is 0. The van der Waals surface area contributed by atoms with Crippen molar-refractivity contribution in [1.29, 1.82) is 0 Å². The Morgan fingerprint density at radius 1 is 1.28 bits per heavy atom. The van der Waals surface area contributed by atoms with E-state index in [0.717, 1.165) is 18.9 Å². The van der Waals surface area contributed by atoms with Crippen LogP contribution in [0.5, 0.6) is 0 Å². The molecular formula is C11H13N5O2. The number of nitrogens with one attached hydrogen (secondary N) is 1. The topological polar surface area (TPSA) is 84.0 Å². The van der Waals surface area contributed by atoms with Gasteiger partial charge < -0.3 is 14.6 Å². The van der Waals surface area contributed by atoms with E-state index in [9.17, 15) is 4.79 Å². The zero-order valence-corrected chi connectivity index (χ0v) is 10.0. The maximum atomic E-state index is 10.8. The number of ether oxygens (including phenoxy) is 1. The predicted molar refractivity (Wildman–Crippen MR) is 64.8 cm³/mol. The van der Waals surface area contributed by atoms with Crippen molar-refractivity contribution >= 4 is 23.3 Å². The Morgan fingerprint density at radius 2 is 2.06 bits per heavy atom. The van der Waals surface area contributed by atoms with Crippen molar-refractivity contribution in [3.8, 4) is 0 Å². The highest BCUT2D eigenvalue weighted by molar-refractivity contribution is 5.87. The van der Waals surface area contributed by atoms with E-state index in [1.54, 1.807) is 0 Å². The maximum Gasteiger partial charge on any atom is 0.185 e. The Hall–Kier alpha value is -2.02. The van der Waals surface area contributed by atoms with Gasteiger partial charge in [0.05, 0.1) is 13.2 Å². The van der Waals surface area contributed by atoms with Crippen LogP contribution in [0.25, 0.3) is 11.2 Å². The molecule has 1 aliphatic heterocycles. The van der Waals surface area contributed by atoms with Crippen LogP contribution in [0.15, 0.2) is 0 Å². The number of aryl methyl sites for hydroxylation is 1. The van der Waals surface area contributed by atoms with Gasteiger partial charge in [0, 0.05) is 13.1 Å². The molecule has 0 unspecified atom stereocenters. The summed E-state index contributed by atoms with van der Waals surface area (Å²) in [5.41, 5.74) is 1.25. The minimum Gasteiger partial charge on any atom is -0.378 e. The Labute approximate surface area is 103 Å². The molecule has 18 heavy (non-hydrogen) atoms. The SMILES string of the molecule is Cc1nc(N2CCOCC2)c2[nH]c(C=O)nc2n1. The molecule has 0 aromatic carbocycles.